The number of nitrogens with one attached hydrogen (secondary N) is 1. The molecule has 3 unspecified atom stereocenters. The van der Waals surface area contributed by atoms with E-state index in [9.17, 15) is 5.11 Å². The number of hydrogen-bond donors (Lipinski definition) is 2. The summed E-state index contributed by atoms with van der Waals surface area (Å²) in [5.41, 5.74) is 2.11. The average molecular weight is 231 g/mol. The van der Waals surface area contributed by atoms with Gasteiger partial charge in [-0.1, -0.05) is 44.0 Å². The van der Waals surface area contributed by atoms with Crippen LogP contribution in [0.25, 0.3) is 0 Å². The first-order valence-electron chi connectivity index (χ1n) is 6.75. The molecule has 17 heavy (non-hydrogen) atoms. The Kier molecular flexibility index (Phi) is 2.72. The Morgan fingerprint density at radius 1 is 1.29 bits per heavy atom. The standard InChI is InChI=1S/C15H21NO/c1-11-6-4-5-9-15(11,17)14-13-8-3-2-7-12(13)10-16-14/h2-3,7-8,11,14,16-17H,4-6,9-10H2,1H3. The quantitative estimate of drug-likeness (QED) is 0.779. The van der Waals surface area contributed by atoms with Gasteiger partial charge in [-0.05, 0) is 29.9 Å². The molecule has 0 amide bonds. The Bertz CT molecular complexity index is 417. The van der Waals surface area contributed by atoms with E-state index in [1.807, 2.05) is 0 Å². The maximum atomic E-state index is 11.0. The Hall–Kier alpha value is -0.860. The highest BCUT2D eigenvalue weighted by Gasteiger charge is 2.45. The van der Waals surface area contributed by atoms with Gasteiger partial charge in [-0.25, -0.2) is 0 Å². The zero-order valence-corrected chi connectivity index (χ0v) is 10.4. The summed E-state index contributed by atoms with van der Waals surface area (Å²) in [7, 11) is 0. The number of aliphatic hydroxyl groups is 1. The van der Waals surface area contributed by atoms with Crippen LogP contribution in [0.5, 0.6) is 0 Å². The van der Waals surface area contributed by atoms with E-state index in [0.29, 0.717) is 5.92 Å². The maximum absolute atomic E-state index is 11.0. The van der Waals surface area contributed by atoms with Crippen LogP contribution in [-0.2, 0) is 6.54 Å². The molecule has 92 valence electrons. The van der Waals surface area contributed by atoms with Crippen LogP contribution in [-0.4, -0.2) is 10.7 Å². The SMILES string of the molecule is CC1CCCCC1(O)C1NCc2ccccc21. The maximum Gasteiger partial charge on any atom is 0.0867 e. The minimum Gasteiger partial charge on any atom is -0.388 e. The third kappa shape index (κ3) is 1.71. The van der Waals surface area contributed by atoms with E-state index in [1.165, 1.54) is 17.5 Å². The van der Waals surface area contributed by atoms with Crippen molar-refractivity contribution in [2.24, 2.45) is 5.92 Å². The summed E-state index contributed by atoms with van der Waals surface area (Å²) in [4.78, 5) is 0. The van der Waals surface area contributed by atoms with Crippen molar-refractivity contribution in [1.82, 2.24) is 5.32 Å². The van der Waals surface area contributed by atoms with E-state index in [2.05, 4.69) is 36.5 Å². The molecule has 1 heterocycles. The summed E-state index contributed by atoms with van der Waals surface area (Å²) >= 11 is 0. The van der Waals surface area contributed by atoms with E-state index < -0.39 is 5.60 Å². The van der Waals surface area contributed by atoms with Gasteiger partial charge < -0.3 is 10.4 Å². The number of hydrogen-bond acceptors (Lipinski definition) is 2. The molecule has 3 rings (SSSR count). The third-order valence-corrected chi connectivity index (χ3v) is 4.68. The third-order valence-electron chi connectivity index (χ3n) is 4.68. The smallest absolute Gasteiger partial charge is 0.0867 e. The van der Waals surface area contributed by atoms with Gasteiger partial charge in [0.15, 0.2) is 0 Å². The fourth-order valence-electron chi connectivity index (χ4n) is 3.53. The summed E-state index contributed by atoms with van der Waals surface area (Å²) < 4.78 is 0. The van der Waals surface area contributed by atoms with Gasteiger partial charge >= 0.3 is 0 Å². The first-order valence-corrected chi connectivity index (χ1v) is 6.75. The lowest BCUT2D eigenvalue weighted by atomic mass is 9.70. The molecule has 1 aliphatic carbocycles. The van der Waals surface area contributed by atoms with E-state index >= 15 is 0 Å². The van der Waals surface area contributed by atoms with Gasteiger partial charge in [-0.2, -0.15) is 0 Å². The van der Waals surface area contributed by atoms with Crippen LogP contribution in [0.15, 0.2) is 24.3 Å². The summed E-state index contributed by atoms with van der Waals surface area (Å²) in [6.45, 7) is 3.09. The number of rotatable bonds is 1. The summed E-state index contributed by atoms with van der Waals surface area (Å²) in [5.74, 6) is 0.389. The normalized spacial score (nSPS) is 36.8. The van der Waals surface area contributed by atoms with E-state index in [4.69, 9.17) is 0 Å². The molecular formula is C15H21NO. The van der Waals surface area contributed by atoms with Gasteiger partial charge in [-0.15, -0.1) is 0 Å². The Morgan fingerprint density at radius 2 is 2.12 bits per heavy atom. The van der Waals surface area contributed by atoms with Crippen molar-refractivity contribution in [2.45, 2.75) is 50.8 Å². The second-order valence-electron chi connectivity index (χ2n) is 5.65. The molecule has 1 aliphatic heterocycles. The molecule has 1 aromatic carbocycles. The van der Waals surface area contributed by atoms with E-state index in [1.54, 1.807) is 0 Å². The zero-order valence-electron chi connectivity index (χ0n) is 10.4. The molecule has 0 spiro atoms. The highest BCUT2D eigenvalue weighted by molar-refractivity contribution is 5.36. The van der Waals surface area contributed by atoms with Gasteiger partial charge in [0.25, 0.3) is 0 Å². The molecule has 2 N–H and O–H groups in total. The van der Waals surface area contributed by atoms with Crippen LogP contribution in [0.4, 0.5) is 0 Å². The fraction of sp³-hybridized carbons (Fsp3) is 0.600. The minimum atomic E-state index is -0.551. The first kappa shape index (κ1) is 11.2. The van der Waals surface area contributed by atoms with Crippen molar-refractivity contribution in [2.75, 3.05) is 0 Å². The highest BCUT2D eigenvalue weighted by atomic mass is 16.3. The topological polar surface area (TPSA) is 32.3 Å². The van der Waals surface area contributed by atoms with Crippen LogP contribution >= 0.6 is 0 Å². The Balaban J connectivity index is 1.95. The number of benzene rings is 1. The van der Waals surface area contributed by atoms with Gasteiger partial charge in [-0.3, -0.25) is 0 Å². The lowest BCUT2D eigenvalue weighted by molar-refractivity contribution is -0.0702. The molecule has 0 bridgehead atoms. The molecular weight excluding hydrogens is 210 g/mol. The van der Waals surface area contributed by atoms with Gasteiger partial charge in [0.1, 0.15) is 0 Å². The Labute approximate surface area is 103 Å². The van der Waals surface area contributed by atoms with E-state index in [0.717, 1.165) is 25.8 Å². The summed E-state index contributed by atoms with van der Waals surface area (Å²) in [5, 5.41) is 14.5. The van der Waals surface area contributed by atoms with Crippen LogP contribution in [0.3, 0.4) is 0 Å². The second-order valence-corrected chi connectivity index (χ2v) is 5.65. The monoisotopic (exact) mass is 231 g/mol. The molecule has 1 aromatic rings. The number of fused-ring (bicyclic) bond motifs is 1. The van der Waals surface area contributed by atoms with Crippen molar-refractivity contribution >= 4 is 0 Å². The average Bonchev–Trinajstić information content (AvgIpc) is 2.77. The van der Waals surface area contributed by atoms with Crippen molar-refractivity contribution < 1.29 is 5.11 Å². The van der Waals surface area contributed by atoms with Crippen molar-refractivity contribution in [1.29, 1.82) is 0 Å². The molecule has 0 radical (unpaired) electrons. The molecule has 2 aliphatic rings. The van der Waals surface area contributed by atoms with Crippen LogP contribution in [0.2, 0.25) is 0 Å². The van der Waals surface area contributed by atoms with Crippen molar-refractivity contribution in [3.63, 3.8) is 0 Å². The lowest BCUT2D eigenvalue weighted by Crippen LogP contribution is -2.48. The molecule has 0 aromatic heterocycles. The summed E-state index contributed by atoms with van der Waals surface area (Å²) in [6, 6.07) is 8.62. The first-order chi connectivity index (χ1) is 8.22. The van der Waals surface area contributed by atoms with Crippen LogP contribution in [0, 0.1) is 5.92 Å². The molecule has 3 atom stereocenters. The van der Waals surface area contributed by atoms with Crippen molar-refractivity contribution in [3.8, 4) is 0 Å². The molecule has 2 heteroatoms. The fourth-order valence-corrected chi connectivity index (χ4v) is 3.53. The second kappa shape index (κ2) is 4.11. The van der Waals surface area contributed by atoms with E-state index in [-0.39, 0.29) is 6.04 Å². The molecule has 2 nitrogen and oxygen atoms in total. The summed E-state index contributed by atoms with van der Waals surface area (Å²) in [6.07, 6.45) is 4.50. The van der Waals surface area contributed by atoms with Gasteiger partial charge in [0.2, 0.25) is 0 Å². The zero-order chi connectivity index (χ0) is 11.9. The van der Waals surface area contributed by atoms with Gasteiger partial charge in [0.05, 0.1) is 11.6 Å². The highest BCUT2D eigenvalue weighted by Crippen LogP contribution is 2.45. The largest absolute Gasteiger partial charge is 0.388 e. The van der Waals surface area contributed by atoms with Gasteiger partial charge in [0, 0.05) is 6.54 Å². The minimum absolute atomic E-state index is 0.133. The Morgan fingerprint density at radius 3 is 2.94 bits per heavy atom. The molecule has 1 fully saturated rings. The molecule has 0 saturated heterocycles. The lowest BCUT2D eigenvalue weighted by Gasteiger charge is -2.43. The van der Waals surface area contributed by atoms with Crippen LogP contribution in [0.1, 0.15) is 49.8 Å². The predicted molar refractivity (Wildman–Crippen MR) is 68.6 cm³/mol. The van der Waals surface area contributed by atoms with Crippen LogP contribution < -0.4 is 5.32 Å². The predicted octanol–water partition coefficient (Wildman–Crippen LogP) is 2.77. The molecule has 1 saturated carbocycles. The van der Waals surface area contributed by atoms with Crippen molar-refractivity contribution in [3.05, 3.63) is 35.4 Å².